The van der Waals surface area contributed by atoms with Crippen molar-refractivity contribution in [2.24, 2.45) is 9.98 Å². The molecule has 3 rings (SSSR count). The Morgan fingerprint density at radius 3 is 1.26 bits per heavy atom. The first-order valence-corrected chi connectivity index (χ1v) is 9.54. The second-order valence-electron chi connectivity index (χ2n) is 7.50. The topological polar surface area (TPSA) is 37.6 Å². The number of nitrogens with zero attached hydrogens (tertiary/aromatic N) is 3. The van der Waals surface area contributed by atoms with Gasteiger partial charge in [-0.25, -0.2) is 4.98 Å². The molecule has 0 atom stereocenters. The normalized spacial score (nSPS) is 10.5. The molecule has 0 N–H and O–H groups in total. The number of rotatable bonds is 4. The van der Waals surface area contributed by atoms with E-state index in [4.69, 9.17) is 0 Å². The van der Waals surface area contributed by atoms with Crippen LogP contribution < -0.4 is 24.8 Å². The molecule has 161 valence electrons. The van der Waals surface area contributed by atoms with Gasteiger partial charge >= 0.3 is 18.6 Å². The Kier molecular flexibility index (Phi) is 12.0. The van der Waals surface area contributed by atoms with Crippen LogP contribution in [0.4, 0.5) is 11.4 Å². The minimum atomic E-state index is 0. The Hall–Kier alpha value is -1.91. The van der Waals surface area contributed by atoms with Crippen molar-refractivity contribution in [3.8, 4) is 0 Å². The van der Waals surface area contributed by atoms with Gasteiger partial charge in [0, 0.05) is 0 Å². The van der Waals surface area contributed by atoms with Crippen molar-refractivity contribution in [2.75, 3.05) is 0 Å². The molecule has 3 aromatic rings. The maximum absolute atomic E-state index is 4.68. The summed E-state index contributed by atoms with van der Waals surface area (Å²) in [7, 11) is 0. The van der Waals surface area contributed by atoms with Gasteiger partial charge in [0.1, 0.15) is 0 Å². The number of aromatic nitrogens is 1. The molecule has 0 aliphatic carbocycles. The maximum atomic E-state index is 4.68. The van der Waals surface area contributed by atoms with Crippen molar-refractivity contribution < 1.29 is 43.4 Å². The summed E-state index contributed by atoms with van der Waals surface area (Å²) in [6.45, 7) is 12.6. The molecule has 0 aliphatic rings. The van der Waals surface area contributed by atoms with E-state index in [2.05, 4.69) is 80.8 Å². The van der Waals surface area contributed by atoms with Crippen molar-refractivity contribution in [3.05, 3.63) is 87.2 Å². The molecule has 1 heterocycles. The first-order chi connectivity index (χ1) is 13.3. The van der Waals surface area contributed by atoms with Crippen molar-refractivity contribution in [1.29, 1.82) is 0 Å². The van der Waals surface area contributed by atoms with Gasteiger partial charge in [0.05, 0.1) is 35.2 Å². The summed E-state index contributed by atoms with van der Waals surface area (Å²) in [6.07, 6.45) is 3.65. The molecule has 0 bridgehead atoms. The fourth-order valence-electron chi connectivity index (χ4n) is 3.63. The van der Waals surface area contributed by atoms with Crippen LogP contribution in [-0.2, 0) is 18.6 Å². The zero-order chi connectivity index (χ0) is 20.3. The predicted molar refractivity (Wildman–Crippen MR) is 120 cm³/mol. The zero-order valence-corrected chi connectivity index (χ0v) is 21.6. The fraction of sp³-hybridized carbons (Fsp3) is 0.240. The molecule has 0 fully saturated rings. The summed E-state index contributed by atoms with van der Waals surface area (Å²) in [5.41, 5.74) is 10.9. The van der Waals surface area contributed by atoms with Crippen LogP contribution in [-0.4, -0.2) is 17.4 Å². The number of aryl methyl sites for hydroxylation is 6. The molecule has 31 heavy (non-hydrogen) atoms. The van der Waals surface area contributed by atoms with Crippen LogP contribution in [0.25, 0.3) is 0 Å². The standard InChI is InChI=1S/C25H27N3.2ClH.V/c1-16-10-18(3)24(19(4)11-16)26-14-22-8-7-9-23(28-22)15-27-25-20(5)12-17(2)13-21(25)6;;;/h7-15H,1-6H3;2*1H;/q;;;+2/p-2. The summed E-state index contributed by atoms with van der Waals surface area (Å²) >= 11 is 0. The van der Waals surface area contributed by atoms with E-state index < -0.39 is 0 Å². The Bertz CT molecular complexity index is 963. The van der Waals surface area contributed by atoms with Gasteiger partial charge in [0.2, 0.25) is 0 Å². The van der Waals surface area contributed by atoms with E-state index in [1.165, 1.54) is 33.4 Å². The summed E-state index contributed by atoms with van der Waals surface area (Å²) in [5, 5.41) is 0. The molecule has 6 heteroatoms. The molecule has 1 radical (unpaired) electrons. The number of pyridine rings is 1. The fourth-order valence-corrected chi connectivity index (χ4v) is 3.63. The Labute approximate surface area is 210 Å². The molecule has 0 spiro atoms. The second kappa shape index (κ2) is 12.8. The third kappa shape index (κ3) is 7.62. The van der Waals surface area contributed by atoms with E-state index in [-0.39, 0.29) is 43.4 Å². The van der Waals surface area contributed by atoms with Gasteiger partial charge in [-0.05, 0) is 75.9 Å². The van der Waals surface area contributed by atoms with Crippen molar-refractivity contribution in [1.82, 2.24) is 4.98 Å². The Morgan fingerprint density at radius 1 is 0.613 bits per heavy atom. The minimum Gasteiger partial charge on any atom is -1.00 e. The van der Waals surface area contributed by atoms with Gasteiger partial charge in [-0.1, -0.05) is 41.5 Å². The molecule has 1 aromatic heterocycles. The maximum Gasteiger partial charge on any atom is 2.00 e. The first-order valence-electron chi connectivity index (χ1n) is 9.54. The van der Waals surface area contributed by atoms with Gasteiger partial charge < -0.3 is 24.8 Å². The zero-order valence-electron chi connectivity index (χ0n) is 18.7. The van der Waals surface area contributed by atoms with E-state index in [0.29, 0.717) is 0 Å². The summed E-state index contributed by atoms with van der Waals surface area (Å²) < 4.78 is 0. The van der Waals surface area contributed by atoms with E-state index in [1.54, 1.807) is 0 Å². The SMILES string of the molecule is Cc1cc(C)c(N=Cc2cccc(C=Nc3c(C)cc(C)cc3C)n2)c(C)c1.[Cl-].[Cl-].[V+2]. The van der Waals surface area contributed by atoms with Crippen LogP contribution in [0, 0.1) is 41.5 Å². The van der Waals surface area contributed by atoms with Crippen LogP contribution in [0.1, 0.15) is 44.8 Å². The second-order valence-corrected chi connectivity index (χ2v) is 7.50. The number of aliphatic imine (C=N–C) groups is 2. The number of halogens is 2. The van der Waals surface area contributed by atoms with Gasteiger partial charge in [-0.15, -0.1) is 0 Å². The van der Waals surface area contributed by atoms with Crippen molar-refractivity contribution >= 4 is 23.8 Å². The smallest absolute Gasteiger partial charge is 1.00 e. The van der Waals surface area contributed by atoms with Gasteiger partial charge in [0.15, 0.2) is 0 Å². The molecule has 0 saturated carbocycles. The number of benzene rings is 2. The van der Waals surface area contributed by atoms with E-state index in [0.717, 1.165) is 22.8 Å². The molecule has 0 unspecified atom stereocenters. The van der Waals surface area contributed by atoms with Crippen molar-refractivity contribution in [2.45, 2.75) is 41.5 Å². The predicted octanol–water partition coefficient (Wildman–Crippen LogP) is 0.439. The van der Waals surface area contributed by atoms with Crippen LogP contribution in [0.2, 0.25) is 0 Å². The van der Waals surface area contributed by atoms with Crippen LogP contribution in [0.5, 0.6) is 0 Å². The van der Waals surface area contributed by atoms with Gasteiger partial charge in [-0.3, -0.25) is 9.98 Å². The van der Waals surface area contributed by atoms with E-state index in [1.807, 2.05) is 30.6 Å². The van der Waals surface area contributed by atoms with Crippen LogP contribution in [0.3, 0.4) is 0 Å². The average molecular weight is 491 g/mol. The molecular formula is C25H27Cl2N3V. The van der Waals surface area contributed by atoms with Gasteiger partial charge in [-0.2, -0.15) is 0 Å². The van der Waals surface area contributed by atoms with Crippen LogP contribution >= 0.6 is 0 Å². The summed E-state index contributed by atoms with van der Waals surface area (Å²) in [5.74, 6) is 0. The molecule has 0 amide bonds. The van der Waals surface area contributed by atoms with Crippen molar-refractivity contribution in [3.63, 3.8) is 0 Å². The van der Waals surface area contributed by atoms with Crippen LogP contribution in [0.15, 0.2) is 52.4 Å². The monoisotopic (exact) mass is 490 g/mol. The molecular weight excluding hydrogens is 464 g/mol. The average Bonchev–Trinajstić information content (AvgIpc) is 2.60. The van der Waals surface area contributed by atoms with E-state index in [9.17, 15) is 0 Å². The third-order valence-corrected chi connectivity index (χ3v) is 4.71. The Morgan fingerprint density at radius 2 is 0.935 bits per heavy atom. The summed E-state index contributed by atoms with van der Waals surface area (Å²) in [6, 6.07) is 14.5. The van der Waals surface area contributed by atoms with Gasteiger partial charge in [0.25, 0.3) is 0 Å². The van der Waals surface area contributed by atoms with E-state index >= 15 is 0 Å². The minimum absolute atomic E-state index is 0. The first kappa shape index (κ1) is 29.1. The largest absolute Gasteiger partial charge is 2.00 e. The molecule has 0 saturated heterocycles. The molecule has 2 aromatic carbocycles. The Balaban J connectivity index is 0.00000300. The summed E-state index contributed by atoms with van der Waals surface area (Å²) in [4.78, 5) is 14.0. The number of hydrogen-bond acceptors (Lipinski definition) is 3. The third-order valence-electron chi connectivity index (χ3n) is 4.71. The number of hydrogen-bond donors (Lipinski definition) is 0. The molecule has 3 nitrogen and oxygen atoms in total. The quantitative estimate of drug-likeness (QED) is 0.489. The molecule has 0 aliphatic heterocycles.